The number of aliphatic hydroxyl groups excluding tert-OH is 1. The summed E-state index contributed by atoms with van der Waals surface area (Å²) in [4.78, 5) is 6.62. The predicted octanol–water partition coefficient (Wildman–Crippen LogP) is 1.28. The molecule has 2 aromatic heterocycles. The van der Waals surface area contributed by atoms with Gasteiger partial charge in [-0.25, -0.2) is 0 Å². The van der Waals surface area contributed by atoms with Crippen LogP contribution >= 0.6 is 0 Å². The van der Waals surface area contributed by atoms with Crippen molar-refractivity contribution in [1.29, 1.82) is 0 Å². The van der Waals surface area contributed by atoms with Crippen LogP contribution in [0.15, 0.2) is 28.9 Å². The van der Waals surface area contributed by atoms with Gasteiger partial charge in [-0.1, -0.05) is 11.2 Å². The molecule has 2 atom stereocenters. The van der Waals surface area contributed by atoms with Gasteiger partial charge in [-0.2, -0.15) is 0 Å². The Morgan fingerprint density at radius 3 is 3.08 bits per heavy atom. The van der Waals surface area contributed by atoms with Crippen LogP contribution in [0, 0.1) is 0 Å². The fourth-order valence-corrected chi connectivity index (χ4v) is 3.68. The summed E-state index contributed by atoms with van der Waals surface area (Å²) in [7, 11) is 0. The minimum atomic E-state index is -0.194. The lowest BCUT2D eigenvalue weighted by Crippen LogP contribution is -2.34. The van der Waals surface area contributed by atoms with Crippen molar-refractivity contribution in [2.24, 2.45) is 0 Å². The molecule has 1 aliphatic heterocycles. The number of likely N-dealkylation sites (tertiary alicyclic amines) is 1. The molecule has 1 aliphatic carbocycles. The molecule has 6 heteroatoms. The zero-order valence-corrected chi connectivity index (χ0v) is 13.8. The zero-order chi connectivity index (χ0) is 16.4. The molecule has 3 heterocycles. The third-order valence-electron chi connectivity index (χ3n) is 5.04. The highest BCUT2D eigenvalue weighted by atomic mass is 16.5. The Balaban J connectivity index is 1.38. The zero-order valence-electron chi connectivity index (χ0n) is 13.8. The molecule has 2 aliphatic rings. The van der Waals surface area contributed by atoms with Gasteiger partial charge in [0.15, 0.2) is 0 Å². The molecule has 1 unspecified atom stereocenters. The van der Waals surface area contributed by atoms with Gasteiger partial charge in [-0.15, -0.1) is 0 Å². The van der Waals surface area contributed by atoms with Gasteiger partial charge in [-0.05, 0) is 31.4 Å². The summed E-state index contributed by atoms with van der Waals surface area (Å²) in [6.45, 7) is 3.25. The molecular formula is C18H24N4O2. The van der Waals surface area contributed by atoms with Crippen molar-refractivity contribution in [2.45, 2.75) is 50.9 Å². The van der Waals surface area contributed by atoms with Crippen molar-refractivity contribution in [3.05, 3.63) is 47.1 Å². The maximum absolute atomic E-state index is 9.69. The molecule has 6 nitrogen and oxygen atoms in total. The number of aliphatic hydroxyl groups is 1. The number of aryl methyl sites for hydroxylation is 1. The second-order valence-corrected chi connectivity index (χ2v) is 6.85. The molecule has 2 N–H and O–H groups in total. The van der Waals surface area contributed by atoms with Crippen LogP contribution in [-0.2, 0) is 25.9 Å². The van der Waals surface area contributed by atoms with E-state index in [4.69, 9.17) is 4.52 Å². The highest BCUT2D eigenvalue weighted by molar-refractivity contribution is 5.27. The van der Waals surface area contributed by atoms with Crippen molar-refractivity contribution in [3.8, 4) is 0 Å². The van der Waals surface area contributed by atoms with E-state index in [0.717, 1.165) is 69.0 Å². The molecule has 2 aromatic rings. The van der Waals surface area contributed by atoms with Crippen LogP contribution in [-0.4, -0.2) is 45.4 Å². The van der Waals surface area contributed by atoms with E-state index in [9.17, 15) is 5.11 Å². The lowest BCUT2D eigenvalue weighted by molar-refractivity contribution is 0.173. The third-order valence-corrected chi connectivity index (χ3v) is 5.04. The third kappa shape index (κ3) is 3.50. The Kier molecular flexibility index (Phi) is 4.60. The molecule has 1 saturated heterocycles. The molecule has 0 saturated carbocycles. The van der Waals surface area contributed by atoms with Crippen molar-refractivity contribution in [2.75, 3.05) is 13.1 Å². The number of rotatable bonds is 5. The predicted molar refractivity (Wildman–Crippen MR) is 89.3 cm³/mol. The Bertz CT molecular complexity index is 673. The quantitative estimate of drug-likeness (QED) is 0.861. The summed E-state index contributed by atoms with van der Waals surface area (Å²) in [6.07, 6.45) is 5.45. The van der Waals surface area contributed by atoms with Gasteiger partial charge in [-0.3, -0.25) is 9.88 Å². The SMILES string of the molecule is O[C@@H]1CCN(Cc2noc3c2CC(NCc2ccccn2)CC3)C1. The Labute approximate surface area is 141 Å². The summed E-state index contributed by atoms with van der Waals surface area (Å²) in [6, 6.07) is 6.44. The molecular weight excluding hydrogens is 304 g/mol. The molecule has 0 amide bonds. The van der Waals surface area contributed by atoms with Crippen molar-refractivity contribution in [3.63, 3.8) is 0 Å². The van der Waals surface area contributed by atoms with E-state index >= 15 is 0 Å². The van der Waals surface area contributed by atoms with Crippen LogP contribution in [0.5, 0.6) is 0 Å². The average molecular weight is 328 g/mol. The fraction of sp³-hybridized carbons (Fsp3) is 0.556. The summed E-state index contributed by atoms with van der Waals surface area (Å²) in [5.41, 5.74) is 3.38. The lowest BCUT2D eigenvalue weighted by Gasteiger charge is -2.23. The monoisotopic (exact) mass is 328 g/mol. The van der Waals surface area contributed by atoms with Crippen molar-refractivity contribution >= 4 is 0 Å². The van der Waals surface area contributed by atoms with Crippen LogP contribution in [0.1, 0.15) is 35.6 Å². The lowest BCUT2D eigenvalue weighted by atomic mass is 9.92. The first kappa shape index (κ1) is 15.7. The van der Waals surface area contributed by atoms with Crippen LogP contribution in [0.3, 0.4) is 0 Å². The molecule has 0 aromatic carbocycles. The van der Waals surface area contributed by atoms with Gasteiger partial charge in [0.1, 0.15) is 11.5 Å². The minimum Gasteiger partial charge on any atom is -0.392 e. The second-order valence-electron chi connectivity index (χ2n) is 6.85. The number of pyridine rings is 1. The number of β-amino-alcohol motifs (C(OH)–C–C–N with tert-alkyl or cyclic N) is 1. The summed E-state index contributed by atoms with van der Waals surface area (Å²) in [5.74, 6) is 1.04. The molecule has 1 fully saturated rings. The van der Waals surface area contributed by atoms with Gasteiger partial charge in [0.25, 0.3) is 0 Å². The van der Waals surface area contributed by atoms with Gasteiger partial charge in [0.05, 0.1) is 11.8 Å². The molecule has 24 heavy (non-hydrogen) atoms. The van der Waals surface area contributed by atoms with E-state index in [1.54, 1.807) is 0 Å². The Morgan fingerprint density at radius 2 is 2.29 bits per heavy atom. The number of aromatic nitrogens is 2. The van der Waals surface area contributed by atoms with E-state index in [1.807, 2.05) is 24.4 Å². The average Bonchev–Trinajstić information content (AvgIpc) is 3.20. The maximum atomic E-state index is 9.69. The molecule has 4 rings (SSSR count). The number of hydrogen-bond acceptors (Lipinski definition) is 6. The molecule has 128 valence electrons. The minimum absolute atomic E-state index is 0.194. The largest absolute Gasteiger partial charge is 0.392 e. The van der Waals surface area contributed by atoms with E-state index in [-0.39, 0.29) is 6.10 Å². The number of fused-ring (bicyclic) bond motifs is 1. The summed E-state index contributed by atoms with van der Waals surface area (Å²) in [5, 5.41) is 17.6. The molecule has 0 radical (unpaired) electrons. The smallest absolute Gasteiger partial charge is 0.140 e. The molecule has 0 bridgehead atoms. The first-order chi connectivity index (χ1) is 11.8. The highest BCUT2D eigenvalue weighted by Gasteiger charge is 2.28. The molecule has 0 spiro atoms. The maximum Gasteiger partial charge on any atom is 0.140 e. The van der Waals surface area contributed by atoms with Gasteiger partial charge >= 0.3 is 0 Å². The van der Waals surface area contributed by atoms with E-state index in [2.05, 4.69) is 20.4 Å². The van der Waals surface area contributed by atoms with Gasteiger partial charge in [0.2, 0.25) is 0 Å². The second kappa shape index (κ2) is 7.01. The topological polar surface area (TPSA) is 74.4 Å². The number of nitrogens with one attached hydrogen (secondary N) is 1. The normalized spacial score (nSPS) is 24.2. The van der Waals surface area contributed by atoms with Crippen molar-refractivity contribution in [1.82, 2.24) is 20.4 Å². The standard InChI is InChI=1S/C18H24N4O2/c23-15-6-8-22(11-15)12-17-16-9-13(4-5-18(16)24-21-17)20-10-14-3-1-2-7-19-14/h1-3,7,13,15,20,23H,4-6,8-12H2/t13?,15-/m1/s1. The van der Waals surface area contributed by atoms with Crippen LogP contribution < -0.4 is 5.32 Å². The number of nitrogens with zero attached hydrogens (tertiary/aromatic N) is 3. The highest BCUT2D eigenvalue weighted by Crippen LogP contribution is 2.26. The Hall–Kier alpha value is -1.76. The van der Waals surface area contributed by atoms with Crippen LogP contribution in [0.2, 0.25) is 0 Å². The number of hydrogen-bond donors (Lipinski definition) is 2. The first-order valence-corrected chi connectivity index (χ1v) is 8.78. The first-order valence-electron chi connectivity index (χ1n) is 8.78. The Morgan fingerprint density at radius 1 is 1.33 bits per heavy atom. The van der Waals surface area contributed by atoms with E-state index in [1.165, 1.54) is 5.56 Å². The van der Waals surface area contributed by atoms with E-state index in [0.29, 0.717) is 6.04 Å². The van der Waals surface area contributed by atoms with Crippen LogP contribution in [0.4, 0.5) is 0 Å². The van der Waals surface area contributed by atoms with Crippen molar-refractivity contribution < 1.29 is 9.63 Å². The van der Waals surface area contributed by atoms with Gasteiger partial charge < -0.3 is 14.9 Å². The van der Waals surface area contributed by atoms with Crippen LogP contribution in [0.25, 0.3) is 0 Å². The van der Waals surface area contributed by atoms with Gasteiger partial charge in [0, 0.05) is 50.4 Å². The fourth-order valence-electron chi connectivity index (χ4n) is 3.68. The van der Waals surface area contributed by atoms with E-state index < -0.39 is 0 Å². The summed E-state index contributed by atoms with van der Waals surface area (Å²) < 4.78 is 5.56. The summed E-state index contributed by atoms with van der Waals surface area (Å²) >= 11 is 0.